The first-order chi connectivity index (χ1) is 25.3. The third-order valence-corrected chi connectivity index (χ3v) is 11.8. The van der Waals surface area contributed by atoms with Gasteiger partial charge in [0, 0.05) is 10.8 Å². The summed E-state index contributed by atoms with van der Waals surface area (Å²) in [6.07, 6.45) is 0. The molecular weight excluding hydrogens is 637 g/mol. The molecule has 0 fully saturated rings. The maximum absolute atomic E-state index is 6.48. The molecule has 0 bridgehead atoms. The summed E-state index contributed by atoms with van der Waals surface area (Å²) in [7, 11) is 0. The highest BCUT2D eigenvalue weighted by atomic mass is 16.5. The molecule has 4 aliphatic rings. The number of hydrogen-bond acceptors (Lipinski definition) is 4. The van der Waals surface area contributed by atoms with Crippen molar-refractivity contribution in [1.29, 1.82) is 0 Å². The van der Waals surface area contributed by atoms with Crippen molar-refractivity contribution < 1.29 is 9.47 Å². The maximum atomic E-state index is 6.48. The molecule has 4 heterocycles. The molecule has 4 heteroatoms. The predicted octanol–water partition coefficient (Wildman–Crippen LogP) is 13.5. The quantitative estimate of drug-likeness (QED) is 0.182. The molecule has 0 saturated carbocycles. The normalized spacial score (nSPS) is 15.8. The second-order valence-corrected chi connectivity index (χ2v) is 15.4. The topological polar surface area (TPSA) is 24.9 Å². The van der Waals surface area contributed by atoms with E-state index >= 15 is 0 Å². The fraction of sp³-hybridized carbons (Fsp3) is 0.125. The molecule has 7 aromatic carbocycles. The van der Waals surface area contributed by atoms with Crippen molar-refractivity contribution in [3.8, 4) is 45.3 Å². The van der Waals surface area contributed by atoms with Crippen molar-refractivity contribution >= 4 is 34.1 Å². The zero-order valence-corrected chi connectivity index (χ0v) is 29.6. The second-order valence-electron chi connectivity index (χ2n) is 15.4. The van der Waals surface area contributed by atoms with E-state index in [9.17, 15) is 0 Å². The second kappa shape index (κ2) is 10.2. The van der Waals surface area contributed by atoms with Crippen LogP contribution in [0.1, 0.15) is 49.9 Å². The maximum Gasteiger partial charge on any atom is 0.151 e. The zero-order valence-electron chi connectivity index (χ0n) is 29.6. The highest BCUT2D eigenvalue weighted by molar-refractivity contribution is 5.96. The van der Waals surface area contributed by atoms with E-state index in [4.69, 9.17) is 9.47 Å². The van der Waals surface area contributed by atoms with Gasteiger partial charge in [0.1, 0.15) is 0 Å². The van der Waals surface area contributed by atoms with Crippen LogP contribution in [0, 0.1) is 0 Å². The minimum atomic E-state index is -0.227. The Morgan fingerprint density at radius 1 is 0.346 bits per heavy atom. The lowest BCUT2D eigenvalue weighted by molar-refractivity contribution is 0.471. The van der Waals surface area contributed by atoms with E-state index in [1.807, 2.05) is 12.1 Å². The van der Waals surface area contributed by atoms with Gasteiger partial charge in [-0.3, -0.25) is 0 Å². The van der Waals surface area contributed by atoms with Crippen molar-refractivity contribution in [3.05, 3.63) is 168 Å². The summed E-state index contributed by atoms with van der Waals surface area (Å²) in [5.74, 6) is 3.56. The summed E-state index contributed by atoms with van der Waals surface area (Å²) < 4.78 is 12.9. The van der Waals surface area contributed by atoms with Gasteiger partial charge in [0.2, 0.25) is 0 Å². The molecule has 4 nitrogen and oxygen atoms in total. The Kier molecular flexibility index (Phi) is 5.76. The molecule has 250 valence electrons. The molecule has 0 unspecified atom stereocenters. The molecule has 0 saturated heterocycles. The summed E-state index contributed by atoms with van der Waals surface area (Å²) in [4.78, 5) is 4.81. The van der Waals surface area contributed by atoms with Crippen LogP contribution >= 0.6 is 0 Å². The molecule has 0 spiro atoms. The first-order valence-electron chi connectivity index (χ1n) is 18.1. The van der Waals surface area contributed by atoms with Crippen LogP contribution in [-0.4, -0.2) is 0 Å². The van der Waals surface area contributed by atoms with E-state index in [2.05, 4.69) is 171 Å². The lowest BCUT2D eigenvalue weighted by Gasteiger charge is -2.45. The van der Waals surface area contributed by atoms with Crippen molar-refractivity contribution in [3.63, 3.8) is 0 Å². The van der Waals surface area contributed by atoms with Gasteiger partial charge in [-0.1, -0.05) is 113 Å². The molecule has 0 amide bonds. The molecule has 0 atom stereocenters. The molecule has 7 aromatic rings. The number of ether oxygens (including phenoxy) is 2. The minimum absolute atomic E-state index is 0.191. The fourth-order valence-electron chi connectivity index (χ4n) is 9.12. The van der Waals surface area contributed by atoms with Gasteiger partial charge in [-0.2, -0.15) is 0 Å². The van der Waals surface area contributed by atoms with Crippen molar-refractivity contribution in [2.24, 2.45) is 0 Å². The Bertz CT molecular complexity index is 2670. The van der Waals surface area contributed by atoms with Gasteiger partial charge in [0.05, 0.1) is 34.1 Å². The molecule has 4 aliphatic heterocycles. The molecular formula is C48H36N2O2. The van der Waals surface area contributed by atoms with Gasteiger partial charge in [0.15, 0.2) is 23.0 Å². The fourth-order valence-corrected chi connectivity index (χ4v) is 9.12. The number of hydrogen-bond donors (Lipinski definition) is 0. The Labute approximate surface area is 304 Å². The van der Waals surface area contributed by atoms with Crippen molar-refractivity contribution in [2.45, 2.75) is 38.5 Å². The Balaban J connectivity index is 1.04. The van der Waals surface area contributed by atoms with Crippen molar-refractivity contribution in [2.75, 3.05) is 9.80 Å². The average molecular weight is 673 g/mol. The van der Waals surface area contributed by atoms with Gasteiger partial charge < -0.3 is 19.3 Å². The van der Waals surface area contributed by atoms with Gasteiger partial charge in [-0.15, -0.1) is 0 Å². The molecule has 0 aliphatic carbocycles. The highest BCUT2D eigenvalue weighted by Crippen LogP contribution is 2.61. The molecule has 0 aromatic heterocycles. The Morgan fingerprint density at radius 2 is 0.827 bits per heavy atom. The van der Waals surface area contributed by atoms with Gasteiger partial charge >= 0.3 is 0 Å². The highest BCUT2D eigenvalue weighted by Gasteiger charge is 2.43. The number of fused-ring (bicyclic) bond motifs is 8. The van der Waals surface area contributed by atoms with Crippen LogP contribution in [0.4, 0.5) is 34.1 Å². The third kappa shape index (κ3) is 3.87. The number of benzene rings is 7. The predicted molar refractivity (Wildman–Crippen MR) is 211 cm³/mol. The largest absolute Gasteiger partial charge is 0.453 e. The van der Waals surface area contributed by atoms with E-state index in [0.29, 0.717) is 0 Å². The van der Waals surface area contributed by atoms with E-state index < -0.39 is 0 Å². The first-order valence-corrected chi connectivity index (χ1v) is 18.1. The van der Waals surface area contributed by atoms with Crippen LogP contribution in [0.5, 0.6) is 23.0 Å². The summed E-state index contributed by atoms with van der Waals surface area (Å²) in [5.41, 5.74) is 16.3. The number of nitrogens with zero attached hydrogens (tertiary/aromatic N) is 2. The van der Waals surface area contributed by atoms with Crippen LogP contribution < -0.4 is 19.3 Å². The zero-order chi connectivity index (χ0) is 34.9. The third-order valence-electron chi connectivity index (χ3n) is 11.8. The summed E-state index contributed by atoms with van der Waals surface area (Å²) in [5, 5.41) is 0. The standard InChI is InChI=1S/C48H36N2O2/c1-47(2)33-24-22-32(28-40(33)50-39-17-6-8-19-42(39)52-44-21-10-14-34(47)46(44)50)30-13-9-12-29(26-30)31-23-25-37-36(27-31)48(3,4)35-15-11-20-43-45(35)49(37)38-16-5-7-18-41(38)51-43/h5-28H,1-4H3. The molecule has 11 rings (SSSR count). The first kappa shape index (κ1) is 29.5. The Hall–Kier alpha value is -6.26. The smallest absolute Gasteiger partial charge is 0.151 e. The molecule has 0 radical (unpaired) electrons. The number of para-hydroxylation sites is 6. The van der Waals surface area contributed by atoms with Gasteiger partial charge in [-0.25, -0.2) is 0 Å². The number of anilines is 6. The van der Waals surface area contributed by atoms with Crippen LogP contribution in [0.15, 0.2) is 146 Å². The summed E-state index contributed by atoms with van der Waals surface area (Å²) in [6.45, 7) is 9.32. The average Bonchev–Trinajstić information content (AvgIpc) is 3.17. The van der Waals surface area contributed by atoms with E-state index in [0.717, 1.165) is 45.7 Å². The minimum Gasteiger partial charge on any atom is -0.453 e. The summed E-state index contributed by atoms with van der Waals surface area (Å²) >= 11 is 0. The van der Waals surface area contributed by atoms with Crippen LogP contribution in [0.3, 0.4) is 0 Å². The van der Waals surface area contributed by atoms with Crippen molar-refractivity contribution in [1.82, 2.24) is 0 Å². The lowest BCUT2D eigenvalue weighted by atomic mass is 9.72. The van der Waals surface area contributed by atoms with Crippen LogP contribution in [-0.2, 0) is 10.8 Å². The SMILES string of the molecule is CC1(C)c2ccc(-c3cccc(-c4ccc5c(c4)C(C)(C)c4cccc6c4N5c4ccccc4O6)c3)cc2N2c3ccccc3Oc3cccc1c32. The van der Waals surface area contributed by atoms with Gasteiger partial charge in [0.25, 0.3) is 0 Å². The lowest BCUT2D eigenvalue weighted by Crippen LogP contribution is -2.32. The molecule has 52 heavy (non-hydrogen) atoms. The van der Waals surface area contributed by atoms with E-state index in [1.54, 1.807) is 0 Å². The van der Waals surface area contributed by atoms with Crippen LogP contribution in [0.2, 0.25) is 0 Å². The summed E-state index contributed by atoms with van der Waals surface area (Å²) in [6, 6.07) is 52.6. The number of rotatable bonds is 2. The van der Waals surface area contributed by atoms with E-state index in [1.165, 1.54) is 55.9 Å². The van der Waals surface area contributed by atoms with Gasteiger partial charge in [-0.05, 0) is 105 Å². The molecule has 0 N–H and O–H groups in total. The Morgan fingerprint density at radius 3 is 1.46 bits per heavy atom. The van der Waals surface area contributed by atoms with E-state index in [-0.39, 0.29) is 10.8 Å². The van der Waals surface area contributed by atoms with Crippen LogP contribution in [0.25, 0.3) is 22.3 Å². The monoisotopic (exact) mass is 672 g/mol.